The van der Waals surface area contributed by atoms with Gasteiger partial charge in [0, 0.05) is 0 Å². The average Bonchev–Trinajstić information content (AvgIpc) is 2.51. The summed E-state index contributed by atoms with van der Waals surface area (Å²) in [5.41, 5.74) is 0. The molecule has 0 fully saturated rings. The Bertz CT molecular complexity index is 58.1. The minimum Gasteiger partial charge on any atom is -0.0808 e. The van der Waals surface area contributed by atoms with Crippen LogP contribution in [0.4, 0.5) is 0 Å². The molecule has 11 heavy (non-hydrogen) atoms. The molecule has 0 amide bonds. The van der Waals surface area contributed by atoms with Gasteiger partial charge in [-0.25, -0.2) is 0 Å². The van der Waals surface area contributed by atoms with Crippen LogP contribution in [0.2, 0.25) is 0 Å². The second-order valence-electron chi connectivity index (χ2n) is 1.09. The van der Waals surface area contributed by atoms with Gasteiger partial charge in [-0.1, -0.05) is 66.9 Å². The maximum Gasteiger partial charge on any atom is -0.0163 e. The molecule has 0 heteroatoms. The van der Waals surface area contributed by atoms with Crippen LogP contribution in [0.1, 0.15) is 49.0 Å². The van der Waals surface area contributed by atoms with Crippen molar-refractivity contribution >= 4 is 0 Å². The minimum atomic E-state index is 0. The first-order chi connectivity index (χ1) is 4.50. The van der Waals surface area contributed by atoms with Crippen LogP contribution in [0.3, 0.4) is 0 Å². The zero-order chi connectivity index (χ0) is 7.54. The molecule has 0 aromatic heterocycles. The van der Waals surface area contributed by atoms with E-state index in [9.17, 15) is 0 Å². The number of allylic oxidation sites excluding steroid dienone is 4. The number of hydrogen-bond donors (Lipinski definition) is 0. The van der Waals surface area contributed by atoms with Crippen LogP contribution in [-0.4, -0.2) is 0 Å². The smallest absolute Gasteiger partial charge is 0.0163 e. The van der Waals surface area contributed by atoms with Crippen molar-refractivity contribution in [2.24, 2.45) is 0 Å². The molecule has 0 bridgehead atoms. The molecule has 70 valence electrons. The van der Waals surface area contributed by atoms with Crippen molar-refractivity contribution in [3.63, 3.8) is 0 Å². The van der Waals surface area contributed by atoms with Crippen LogP contribution in [0.15, 0.2) is 24.3 Å². The lowest BCUT2D eigenvalue weighted by Crippen LogP contribution is -1.37. The topological polar surface area (TPSA) is 0 Å². The van der Waals surface area contributed by atoms with Gasteiger partial charge in [-0.3, -0.25) is 0 Å². The molecular weight excluding hydrogens is 132 g/mol. The molecule has 0 heterocycles. The molecule has 0 saturated carbocycles. The van der Waals surface area contributed by atoms with Crippen molar-refractivity contribution in [1.29, 1.82) is 0 Å². The van der Waals surface area contributed by atoms with Gasteiger partial charge in [-0.2, -0.15) is 0 Å². The number of rotatable bonds is 0. The first-order valence-corrected chi connectivity index (χ1v) is 3.82. The summed E-state index contributed by atoms with van der Waals surface area (Å²) >= 11 is 0. The zero-order valence-corrected chi connectivity index (χ0v) is 7.02. The molecule has 1 aliphatic rings. The molecule has 0 unspecified atom stereocenters. The predicted molar refractivity (Wildman–Crippen MR) is 59.1 cm³/mol. The van der Waals surface area contributed by atoms with E-state index in [0.717, 1.165) is 6.42 Å². The van der Waals surface area contributed by atoms with Crippen molar-refractivity contribution in [2.45, 2.75) is 49.0 Å². The Morgan fingerprint density at radius 2 is 1.00 bits per heavy atom. The van der Waals surface area contributed by atoms with E-state index in [1.54, 1.807) is 0 Å². The van der Waals surface area contributed by atoms with Crippen molar-refractivity contribution in [1.82, 2.24) is 0 Å². The summed E-state index contributed by atoms with van der Waals surface area (Å²) in [6.07, 6.45) is 9.50. The summed E-state index contributed by atoms with van der Waals surface area (Å²) in [6.45, 7) is 8.00. The molecular formula is C11H26. The fraction of sp³-hybridized carbons (Fsp3) is 0.636. The third-order valence-corrected chi connectivity index (χ3v) is 0.655. The summed E-state index contributed by atoms with van der Waals surface area (Å²) in [5.74, 6) is 0. The van der Waals surface area contributed by atoms with Gasteiger partial charge in [-0.05, 0) is 6.42 Å². The SMILES string of the molecule is C.C.C1=CCC=C1.CC.CC. The van der Waals surface area contributed by atoms with Gasteiger partial charge in [0.05, 0.1) is 0 Å². The fourth-order valence-electron chi connectivity index (χ4n) is 0.393. The summed E-state index contributed by atoms with van der Waals surface area (Å²) < 4.78 is 0. The largest absolute Gasteiger partial charge is 0.0808 e. The maximum absolute atomic E-state index is 2.12. The van der Waals surface area contributed by atoms with Crippen molar-refractivity contribution in [2.75, 3.05) is 0 Å². The Morgan fingerprint density at radius 1 is 0.727 bits per heavy atom. The lowest BCUT2D eigenvalue weighted by molar-refractivity contribution is 1.45. The summed E-state index contributed by atoms with van der Waals surface area (Å²) in [4.78, 5) is 0. The van der Waals surface area contributed by atoms with Gasteiger partial charge in [-0.15, -0.1) is 0 Å². The molecule has 0 spiro atoms. The van der Waals surface area contributed by atoms with Crippen LogP contribution < -0.4 is 0 Å². The van der Waals surface area contributed by atoms with E-state index in [-0.39, 0.29) is 14.9 Å². The fourth-order valence-corrected chi connectivity index (χ4v) is 0.393. The monoisotopic (exact) mass is 158 g/mol. The summed E-state index contributed by atoms with van der Waals surface area (Å²) in [6, 6.07) is 0. The average molecular weight is 158 g/mol. The highest BCUT2D eigenvalue weighted by Crippen LogP contribution is 1.93. The molecule has 0 nitrogen and oxygen atoms in total. The molecule has 0 radical (unpaired) electrons. The van der Waals surface area contributed by atoms with E-state index in [1.165, 1.54) is 0 Å². The van der Waals surface area contributed by atoms with E-state index in [2.05, 4.69) is 24.3 Å². The molecule has 0 aromatic carbocycles. The van der Waals surface area contributed by atoms with Crippen molar-refractivity contribution in [3.8, 4) is 0 Å². The van der Waals surface area contributed by atoms with E-state index in [1.807, 2.05) is 27.7 Å². The van der Waals surface area contributed by atoms with E-state index in [0.29, 0.717) is 0 Å². The van der Waals surface area contributed by atoms with Gasteiger partial charge < -0.3 is 0 Å². The van der Waals surface area contributed by atoms with Crippen LogP contribution in [-0.2, 0) is 0 Å². The third-order valence-electron chi connectivity index (χ3n) is 0.655. The molecule has 0 N–H and O–H groups in total. The predicted octanol–water partition coefficient (Wildman–Crippen LogP) is 4.83. The van der Waals surface area contributed by atoms with Crippen LogP contribution in [0.5, 0.6) is 0 Å². The standard InChI is InChI=1S/C5H6.2C2H6.2CH4/c1-2-4-5-3-1;2*1-2;;/h1-4H,5H2;2*1-2H3;2*1H4. The van der Waals surface area contributed by atoms with E-state index >= 15 is 0 Å². The highest BCUT2D eigenvalue weighted by molar-refractivity contribution is 5.11. The van der Waals surface area contributed by atoms with Gasteiger partial charge in [0.25, 0.3) is 0 Å². The molecule has 0 atom stereocenters. The molecule has 0 aliphatic heterocycles. The quantitative estimate of drug-likeness (QED) is 0.474. The third kappa shape index (κ3) is 26.4. The van der Waals surface area contributed by atoms with Crippen LogP contribution in [0.25, 0.3) is 0 Å². The van der Waals surface area contributed by atoms with Gasteiger partial charge in [0.1, 0.15) is 0 Å². The molecule has 0 aromatic rings. The van der Waals surface area contributed by atoms with Crippen molar-refractivity contribution < 1.29 is 0 Å². The Kier molecular flexibility index (Phi) is 69.3. The van der Waals surface area contributed by atoms with E-state index in [4.69, 9.17) is 0 Å². The van der Waals surface area contributed by atoms with Gasteiger partial charge in [0.2, 0.25) is 0 Å². The van der Waals surface area contributed by atoms with Crippen molar-refractivity contribution in [3.05, 3.63) is 24.3 Å². The summed E-state index contributed by atoms with van der Waals surface area (Å²) in [7, 11) is 0. The Morgan fingerprint density at radius 3 is 1.09 bits per heavy atom. The minimum absolute atomic E-state index is 0. The normalized spacial score (nSPS) is 9.09. The molecule has 1 rings (SSSR count). The first-order valence-electron chi connectivity index (χ1n) is 3.82. The Balaban J connectivity index is -0.0000000369. The second kappa shape index (κ2) is 34.0. The first kappa shape index (κ1) is 22.4. The Hall–Kier alpha value is -0.520. The number of hydrogen-bond acceptors (Lipinski definition) is 0. The molecule has 0 saturated heterocycles. The second-order valence-corrected chi connectivity index (χ2v) is 1.09. The lowest BCUT2D eigenvalue weighted by atomic mass is 10.5. The zero-order valence-electron chi connectivity index (χ0n) is 7.02. The van der Waals surface area contributed by atoms with Crippen LogP contribution >= 0.6 is 0 Å². The van der Waals surface area contributed by atoms with Gasteiger partial charge >= 0.3 is 0 Å². The van der Waals surface area contributed by atoms with E-state index < -0.39 is 0 Å². The Labute approximate surface area is 74.0 Å². The molecule has 1 aliphatic carbocycles. The van der Waals surface area contributed by atoms with Crippen LogP contribution in [0, 0.1) is 0 Å². The van der Waals surface area contributed by atoms with Gasteiger partial charge in [0.15, 0.2) is 0 Å². The highest BCUT2D eigenvalue weighted by atomic mass is 13.8. The lowest BCUT2D eigenvalue weighted by Gasteiger charge is -1.57. The summed E-state index contributed by atoms with van der Waals surface area (Å²) in [5, 5.41) is 0. The maximum atomic E-state index is 2.12. The highest BCUT2D eigenvalue weighted by Gasteiger charge is 1.72.